The van der Waals surface area contributed by atoms with Gasteiger partial charge in [-0.05, 0) is 47.9 Å². The molecule has 3 aromatic heterocycles. The Morgan fingerprint density at radius 1 is 1.11 bits per heavy atom. The lowest BCUT2D eigenvalue weighted by Crippen LogP contribution is -2.28. The van der Waals surface area contributed by atoms with E-state index < -0.39 is 5.69 Å². The summed E-state index contributed by atoms with van der Waals surface area (Å²) in [7, 11) is 0. The Morgan fingerprint density at radius 3 is 2.74 bits per heavy atom. The Kier molecular flexibility index (Phi) is 5.92. The van der Waals surface area contributed by atoms with Gasteiger partial charge in [0.1, 0.15) is 6.54 Å². The molecule has 3 heterocycles. The van der Waals surface area contributed by atoms with Crippen molar-refractivity contribution < 1.29 is 9.32 Å². The van der Waals surface area contributed by atoms with Crippen LogP contribution in [0.1, 0.15) is 25.3 Å². The van der Waals surface area contributed by atoms with E-state index >= 15 is 0 Å². The third-order valence-electron chi connectivity index (χ3n) is 5.48. The predicted octanol–water partition coefficient (Wildman–Crippen LogP) is 4.63. The summed E-state index contributed by atoms with van der Waals surface area (Å²) in [4.78, 5) is 30.0. The van der Waals surface area contributed by atoms with Gasteiger partial charge in [-0.2, -0.15) is 4.98 Å². The van der Waals surface area contributed by atoms with Gasteiger partial charge in [-0.1, -0.05) is 54.9 Å². The summed E-state index contributed by atoms with van der Waals surface area (Å²) in [6.45, 7) is 3.91. The van der Waals surface area contributed by atoms with Crippen LogP contribution in [0.5, 0.6) is 0 Å². The topological polar surface area (TPSA) is 107 Å². The molecule has 176 valence electrons. The zero-order valence-corrected chi connectivity index (χ0v) is 19.7. The van der Waals surface area contributed by atoms with Crippen LogP contribution in [0, 0.1) is 0 Å². The van der Waals surface area contributed by atoms with Gasteiger partial charge in [0.2, 0.25) is 11.7 Å². The molecule has 9 nitrogen and oxygen atoms in total. The molecule has 0 saturated heterocycles. The summed E-state index contributed by atoms with van der Waals surface area (Å²) >= 11 is 6.06. The fraction of sp³-hybridized carbons (Fsp3) is 0.160. The van der Waals surface area contributed by atoms with Crippen LogP contribution in [0.25, 0.3) is 28.5 Å². The Morgan fingerprint density at radius 2 is 1.94 bits per heavy atom. The minimum absolute atomic E-state index is 0.192. The number of carbonyl (C=O) groups excluding carboxylic acids is 1. The van der Waals surface area contributed by atoms with Gasteiger partial charge in [0.15, 0.2) is 5.65 Å². The summed E-state index contributed by atoms with van der Waals surface area (Å²) in [6, 6.07) is 18.1. The number of rotatable bonds is 6. The molecule has 0 bridgehead atoms. The smallest absolute Gasteiger partial charge is 0.333 e. The minimum Gasteiger partial charge on any atom is -0.333 e. The van der Waals surface area contributed by atoms with Gasteiger partial charge in [-0.15, -0.1) is 5.10 Å². The fourth-order valence-corrected chi connectivity index (χ4v) is 3.89. The second kappa shape index (κ2) is 9.19. The summed E-state index contributed by atoms with van der Waals surface area (Å²) in [5, 5.41) is 11.8. The summed E-state index contributed by atoms with van der Waals surface area (Å²) in [5.74, 6) is 0.515. The number of anilines is 1. The molecule has 0 atom stereocenters. The second-order valence-electron chi connectivity index (χ2n) is 8.32. The standard InChI is InChI=1S/C25H21ClN6O3/c1-15(2)16-6-4-9-19(13-16)27-21(33)14-32-25(34)31-11-5-10-20(23(31)29-32)24-28-22(30-35-24)17-7-3-8-18(26)12-17/h3-13,15H,14H2,1-2H3,(H,27,33). The summed E-state index contributed by atoms with van der Waals surface area (Å²) in [5.41, 5.74) is 2.78. The molecule has 10 heteroatoms. The third kappa shape index (κ3) is 4.58. The van der Waals surface area contributed by atoms with Crippen molar-refractivity contribution in [1.82, 2.24) is 24.3 Å². The third-order valence-corrected chi connectivity index (χ3v) is 5.71. The first-order chi connectivity index (χ1) is 16.9. The second-order valence-corrected chi connectivity index (χ2v) is 8.75. The van der Waals surface area contributed by atoms with E-state index in [9.17, 15) is 9.59 Å². The molecule has 0 aliphatic heterocycles. The highest BCUT2D eigenvalue weighted by Crippen LogP contribution is 2.26. The predicted molar refractivity (Wildman–Crippen MR) is 132 cm³/mol. The number of nitrogens with zero attached hydrogens (tertiary/aromatic N) is 5. The average molecular weight is 489 g/mol. The van der Waals surface area contributed by atoms with Gasteiger partial charge < -0.3 is 9.84 Å². The van der Waals surface area contributed by atoms with E-state index in [-0.39, 0.29) is 18.3 Å². The number of halogens is 1. The van der Waals surface area contributed by atoms with Crippen LogP contribution in [0.3, 0.4) is 0 Å². The van der Waals surface area contributed by atoms with Crippen LogP contribution in [0.2, 0.25) is 5.02 Å². The Balaban J connectivity index is 1.43. The van der Waals surface area contributed by atoms with Crippen LogP contribution in [0.4, 0.5) is 5.69 Å². The maximum Gasteiger partial charge on any atom is 0.350 e. The number of aromatic nitrogens is 5. The van der Waals surface area contributed by atoms with E-state index in [4.69, 9.17) is 16.1 Å². The maximum atomic E-state index is 12.9. The lowest BCUT2D eigenvalue weighted by Gasteiger charge is -2.09. The Labute approximate surface area is 205 Å². The number of nitrogens with one attached hydrogen (secondary N) is 1. The summed E-state index contributed by atoms with van der Waals surface area (Å²) < 4.78 is 7.89. The fourth-order valence-electron chi connectivity index (χ4n) is 3.70. The number of hydrogen-bond donors (Lipinski definition) is 1. The maximum absolute atomic E-state index is 12.9. The monoisotopic (exact) mass is 488 g/mol. The Hall–Kier alpha value is -4.24. The van der Waals surface area contributed by atoms with E-state index in [2.05, 4.69) is 34.4 Å². The molecule has 1 N–H and O–H groups in total. The van der Waals surface area contributed by atoms with Gasteiger partial charge in [0.25, 0.3) is 5.89 Å². The molecule has 1 amide bonds. The molecule has 0 saturated carbocycles. The highest BCUT2D eigenvalue weighted by Gasteiger charge is 2.19. The number of fused-ring (bicyclic) bond motifs is 1. The van der Waals surface area contributed by atoms with Gasteiger partial charge >= 0.3 is 5.69 Å². The van der Waals surface area contributed by atoms with Crippen LogP contribution >= 0.6 is 11.6 Å². The highest BCUT2D eigenvalue weighted by molar-refractivity contribution is 6.30. The molecule has 0 radical (unpaired) electrons. The zero-order chi connectivity index (χ0) is 24.5. The van der Waals surface area contributed by atoms with Gasteiger partial charge in [0, 0.05) is 22.5 Å². The number of hydrogen-bond acceptors (Lipinski definition) is 6. The largest absolute Gasteiger partial charge is 0.350 e. The van der Waals surface area contributed by atoms with E-state index in [1.54, 1.807) is 42.6 Å². The molecular formula is C25H21ClN6O3. The van der Waals surface area contributed by atoms with E-state index in [1.807, 2.05) is 24.3 Å². The number of amides is 1. The van der Waals surface area contributed by atoms with E-state index in [0.717, 1.165) is 10.2 Å². The quantitative estimate of drug-likeness (QED) is 0.373. The normalized spacial score (nSPS) is 11.3. The van der Waals surface area contributed by atoms with Crippen molar-refractivity contribution >= 4 is 28.8 Å². The van der Waals surface area contributed by atoms with Crippen molar-refractivity contribution in [3.63, 3.8) is 0 Å². The molecule has 0 aliphatic rings. The first-order valence-corrected chi connectivity index (χ1v) is 11.3. The Bertz CT molecular complexity index is 1600. The number of pyridine rings is 1. The minimum atomic E-state index is -0.456. The lowest BCUT2D eigenvalue weighted by molar-refractivity contribution is -0.117. The number of benzene rings is 2. The van der Waals surface area contributed by atoms with Crippen LogP contribution < -0.4 is 11.0 Å². The molecule has 0 unspecified atom stereocenters. The first kappa shape index (κ1) is 22.5. The van der Waals surface area contributed by atoms with Crippen molar-refractivity contribution in [2.75, 3.05) is 5.32 Å². The van der Waals surface area contributed by atoms with E-state index in [0.29, 0.717) is 39.2 Å². The average Bonchev–Trinajstić information content (AvgIpc) is 3.45. The first-order valence-electron chi connectivity index (χ1n) is 11.0. The van der Waals surface area contributed by atoms with Gasteiger partial charge in [-0.3, -0.25) is 4.79 Å². The summed E-state index contributed by atoms with van der Waals surface area (Å²) in [6.07, 6.45) is 1.57. The van der Waals surface area contributed by atoms with Crippen molar-refractivity contribution in [3.05, 3.63) is 87.9 Å². The van der Waals surface area contributed by atoms with Gasteiger partial charge in [0.05, 0.1) is 5.56 Å². The molecule has 5 aromatic rings. The van der Waals surface area contributed by atoms with Gasteiger partial charge in [-0.25, -0.2) is 13.9 Å². The zero-order valence-electron chi connectivity index (χ0n) is 19.0. The molecule has 0 fully saturated rings. The highest BCUT2D eigenvalue weighted by atomic mass is 35.5. The number of carbonyl (C=O) groups is 1. The molecule has 35 heavy (non-hydrogen) atoms. The van der Waals surface area contributed by atoms with Crippen molar-refractivity contribution in [1.29, 1.82) is 0 Å². The van der Waals surface area contributed by atoms with Crippen molar-refractivity contribution in [2.24, 2.45) is 0 Å². The molecular weight excluding hydrogens is 468 g/mol. The lowest BCUT2D eigenvalue weighted by atomic mass is 10.0. The van der Waals surface area contributed by atoms with E-state index in [1.165, 1.54) is 4.40 Å². The molecule has 2 aromatic carbocycles. The van der Waals surface area contributed by atoms with Crippen LogP contribution in [-0.2, 0) is 11.3 Å². The van der Waals surface area contributed by atoms with Crippen molar-refractivity contribution in [3.8, 4) is 22.8 Å². The molecule has 0 spiro atoms. The molecule has 5 rings (SSSR count). The van der Waals surface area contributed by atoms with Crippen LogP contribution in [0.15, 0.2) is 76.2 Å². The molecule has 0 aliphatic carbocycles. The van der Waals surface area contributed by atoms with Crippen LogP contribution in [-0.4, -0.2) is 30.2 Å². The van der Waals surface area contributed by atoms with Crippen molar-refractivity contribution in [2.45, 2.75) is 26.3 Å². The SMILES string of the molecule is CC(C)c1cccc(NC(=O)Cn2nc3c(-c4nc(-c5cccc(Cl)c5)no4)cccn3c2=O)c1.